The van der Waals surface area contributed by atoms with Gasteiger partial charge in [0.2, 0.25) is 29.3 Å². The fourth-order valence-electron chi connectivity index (χ4n) is 3.43. The molecule has 11 N–H and O–H groups in total. The van der Waals surface area contributed by atoms with Crippen LogP contribution in [0, 0.1) is 35.2 Å². The number of carbonyl (C=O) groups excluding carboxylic acids is 8. The van der Waals surface area contributed by atoms with Gasteiger partial charge >= 0.3 is 54.2 Å². The van der Waals surface area contributed by atoms with Crippen molar-refractivity contribution in [1.29, 1.82) is 0 Å². The average molecular weight is 939 g/mol. The van der Waals surface area contributed by atoms with Crippen LogP contribution in [0.4, 0.5) is 35.9 Å². The maximum Gasteiger partial charge on any atom is 0.373 e. The van der Waals surface area contributed by atoms with E-state index in [2.05, 4.69) is 40.6 Å². The van der Waals surface area contributed by atoms with Crippen LogP contribution in [-0.4, -0.2) is 139 Å². The van der Waals surface area contributed by atoms with Gasteiger partial charge in [-0.05, 0) is 0 Å². The van der Waals surface area contributed by atoms with E-state index in [1.807, 2.05) is 10.6 Å². The number of nitrogens with one attached hydrogen (secondary N) is 5. The molecular formula is C32H30F6N10O17. The molecule has 352 valence electrons. The minimum absolute atomic E-state index is 0.0258. The topological polar surface area (TPSA) is 433 Å². The van der Waals surface area contributed by atoms with Crippen molar-refractivity contribution >= 4 is 60.1 Å². The van der Waals surface area contributed by atoms with Gasteiger partial charge in [0.25, 0.3) is 5.91 Å². The lowest BCUT2D eigenvalue weighted by Crippen LogP contribution is -2.48. The number of halogens is 6. The van der Waals surface area contributed by atoms with Crippen molar-refractivity contribution in [3.63, 3.8) is 0 Å². The zero-order chi connectivity index (χ0) is 50.2. The number of urea groups is 2. The minimum atomic E-state index is -1.88. The Labute approximate surface area is 355 Å². The van der Waals surface area contributed by atoms with Crippen molar-refractivity contribution in [1.82, 2.24) is 46.5 Å². The van der Waals surface area contributed by atoms with Crippen LogP contribution in [0.3, 0.4) is 0 Å². The van der Waals surface area contributed by atoms with Crippen LogP contribution in [-0.2, 0) is 38.4 Å². The highest BCUT2D eigenvalue weighted by Crippen LogP contribution is 2.27. The largest absolute Gasteiger partial charge is 0.481 e. The normalized spacial score (nSPS) is 10.3. The molecule has 0 aliphatic carbocycles. The van der Waals surface area contributed by atoms with Gasteiger partial charge in [0.15, 0.2) is 17.3 Å². The van der Waals surface area contributed by atoms with Gasteiger partial charge in [-0.25, -0.2) is 52.7 Å². The highest BCUT2D eigenvalue weighted by molar-refractivity contribution is 5.92. The molecule has 0 bridgehead atoms. The van der Waals surface area contributed by atoms with Crippen molar-refractivity contribution in [3.05, 3.63) is 77.4 Å². The van der Waals surface area contributed by atoms with Crippen molar-refractivity contribution in [2.45, 2.75) is 24.9 Å². The van der Waals surface area contributed by atoms with Crippen LogP contribution >= 0.6 is 0 Å². The van der Waals surface area contributed by atoms with Crippen LogP contribution in [0.5, 0.6) is 5.75 Å². The molecule has 3 rings (SSSR count). The maximum atomic E-state index is 13.2. The van der Waals surface area contributed by atoms with Crippen LogP contribution in [0.1, 0.15) is 33.8 Å². The number of rotatable bonds is 16. The molecule has 0 aliphatic rings. The highest BCUT2D eigenvalue weighted by Gasteiger charge is 2.25. The average Bonchev–Trinajstić information content (AvgIpc) is 3.23. The van der Waals surface area contributed by atoms with E-state index in [0.717, 1.165) is 12.4 Å². The molecule has 0 saturated carbocycles. The third-order valence-electron chi connectivity index (χ3n) is 6.04. The number of amides is 5. The summed E-state index contributed by atoms with van der Waals surface area (Å²) in [6.45, 7) is 0.308. The molecule has 0 spiro atoms. The van der Waals surface area contributed by atoms with Gasteiger partial charge in [-0.3, -0.25) is 14.4 Å². The molecule has 0 aliphatic heterocycles. The maximum absolute atomic E-state index is 13.2. The van der Waals surface area contributed by atoms with Crippen molar-refractivity contribution < 1.29 is 109 Å². The van der Waals surface area contributed by atoms with Crippen LogP contribution in [0.25, 0.3) is 0 Å². The SMILES string of the molecule is NCCNC(=O)N[C@@H](CC(=O)O)C(=O)O.O=C(O)C[C@H](NC(=O)NCCNC(=O)c1cnc([18F])cn1)C(=O)O.O=C(Oc1c(F)c(F)cc(F)c1F)c1cnc([18F])cn1.O=C=O.O=C=O. The molecule has 1 aromatic carbocycles. The lowest BCUT2D eigenvalue weighted by molar-refractivity contribution is -0.193. The summed E-state index contributed by atoms with van der Waals surface area (Å²) in [6.07, 6.45) is 1.94. The van der Waals surface area contributed by atoms with Crippen LogP contribution in [0.15, 0.2) is 30.9 Å². The number of hydrogen-bond acceptors (Lipinski definition) is 18. The molecule has 2 heterocycles. The Balaban J connectivity index is 0. The third kappa shape index (κ3) is 25.4. The summed E-state index contributed by atoms with van der Waals surface area (Å²) in [5.41, 5.74) is 4.38. The number of nitrogens with zero attached hydrogens (tertiary/aromatic N) is 4. The third-order valence-corrected chi connectivity index (χ3v) is 6.04. The second-order valence-electron chi connectivity index (χ2n) is 10.6. The Morgan fingerprint density at radius 1 is 0.600 bits per heavy atom. The monoisotopic (exact) mass is 938 g/mol. The lowest BCUT2D eigenvalue weighted by atomic mass is 10.2. The second-order valence-corrected chi connectivity index (χ2v) is 10.6. The van der Waals surface area contributed by atoms with Crippen LogP contribution in [0.2, 0.25) is 0 Å². The molecule has 65 heavy (non-hydrogen) atoms. The number of ether oxygens (including phenoxy) is 1. The van der Waals surface area contributed by atoms with E-state index in [9.17, 15) is 64.7 Å². The van der Waals surface area contributed by atoms with Gasteiger partial charge in [0.05, 0.1) is 37.6 Å². The van der Waals surface area contributed by atoms with Crippen LogP contribution < -0.4 is 37.1 Å². The lowest BCUT2D eigenvalue weighted by Gasteiger charge is -2.13. The van der Waals surface area contributed by atoms with Crippen molar-refractivity contribution in [2.75, 3.05) is 26.2 Å². The zero-order valence-corrected chi connectivity index (χ0v) is 32.0. The summed E-state index contributed by atoms with van der Waals surface area (Å²) < 4.78 is 81.4. The number of nitrogens with two attached hydrogens (primary N) is 1. The highest BCUT2D eigenvalue weighted by atomic mass is 19.2. The quantitative estimate of drug-likeness (QED) is 0.0243. The van der Waals surface area contributed by atoms with E-state index in [-0.39, 0.29) is 50.2 Å². The Morgan fingerprint density at radius 2 is 0.985 bits per heavy atom. The summed E-state index contributed by atoms with van der Waals surface area (Å²) in [4.78, 5) is 133. The fourth-order valence-corrected chi connectivity index (χ4v) is 3.43. The number of esters is 1. The summed E-state index contributed by atoms with van der Waals surface area (Å²) in [5, 5.41) is 45.0. The van der Waals surface area contributed by atoms with E-state index in [0.29, 0.717) is 12.4 Å². The zero-order valence-electron chi connectivity index (χ0n) is 32.0. The molecule has 2 aromatic heterocycles. The first-order chi connectivity index (χ1) is 30.5. The molecule has 27 nitrogen and oxygen atoms in total. The van der Waals surface area contributed by atoms with Gasteiger partial charge in [-0.1, -0.05) is 0 Å². The van der Waals surface area contributed by atoms with E-state index in [4.69, 9.17) is 45.3 Å². The molecule has 0 saturated heterocycles. The fraction of sp³-hybridized carbons (Fsp3) is 0.250. The molecular weight excluding hydrogens is 908 g/mol. The summed E-state index contributed by atoms with van der Waals surface area (Å²) in [5.74, 6) is -18.3. The van der Waals surface area contributed by atoms with Crippen molar-refractivity contribution in [2.24, 2.45) is 5.73 Å². The number of aliphatic carboxylic acids is 4. The predicted octanol–water partition coefficient (Wildman–Crippen LogP) is -2.03. The first-order valence-electron chi connectivity index (χ1n) is 16.4. The Kier molecular flexibility index (Phi) is 28.5. The Hall–Kier alpha value is -8.96. The molecule has 0 radical (unpaired) electrons. The molecule has 33 heteroatoms. The van der Waals surface area contributed by atoms with Gasteiger partial charge < -0.3 is 57.5 Å². The van der Waals surface area contributed by atoms with Gasteiger partial charge in [-0.2, -0.15) is 36.7 Å². The standard InChI is InChI=1S/C12H14FN5O6.C11H3F5N2O2.C7H13N3O5.2CO2/c13-8-5-16-7(4-17-8)10(21)14-1-2-15-12(24)18-6(11(22)23)3-9(19)20;12-4-1-5(13)9(16)10(8(4)15)20-11(19)6-2-18-7(14)3-17-6;8-1-2-9-7(15)10-4(6(13)14)3-5(11)12;2*2-1-3/h4-6H,1-3H2,(H,14,21)(H,19,20)(H,22,23)(H2,15,18,24);1-3H;4H,1-3,8H2,(H,11,12)(H,13,14)(H2,9,10,15);;/t6-;;4-;;/m0.0../s1/i13-1;14-1;;;. The summed E-state index contributed by atoms with van der Waals surface area (Å²) in [7, 11) is 0. The number of hydrogen-bond donors (Lipinski definition) is 10. The van der Waals surface area contributed by atoms with Gasteiger partial charge in [0, 0.05) is 32.2 Å². The van der Waals surface area contributed by atoms with E-state index >= 15 is 0 Å². The summed E-state index contributed by atoms with van der Waals surface area (Å²) in [6, 6.07) is -4.72. The number of carbonyl (C=O) groups is 8. The van der Waals surface area contributed by atoms with E-state index < -0.39 is 119 Å². The van der Waals surface area contributed by atoms with E-state index in [1.165, 1.54) is 0 Å². The Bertz CT molecular complexity index is 2140. The number of carboxylic acids is 4. The molecule has 3 aromatic rings. The smallest absolute Gasteiger partial charge is 0.373 e. The second kappa shape index (κ2) is 31.8. The predicted molar refractivity (Wildman–Crippen MR) is 187 cm³/mol. The minimum Gasteiger partial charge on any atom is -0.481 e. The first kappa shape index (κ1) is 58.1. The Morgan fingerprint density at radius 3 is 1.34 bits per heavy atom. The molecule has 5 amide bonds. The van der Waals surface area contributed by atoms with Gasteiger partial charge in [0.1, 0.15) is 17.8 Å². The van der Waals surface area contributed by atoms with Gasteiger partial charge in [-0.15, -0.1) is 0 Å². The molecule has 0 unspecified atom stereocenters. The number of carboxylic acid groups (broad SMARTS) is 4. The molecule has 2 atom stereocenters. The first-order valence-corrected chi connectivity index (χ1v) is 16.4. The van der Waals surface area contributed by atoms with E-state index in [1.54, 1.807) is 0 Å². The molecule has 0 fully saturated rings. The van der Waals surface area contributed by atoms with Crippen molar-refractivity contribution in [3.8, 4) is 5.75 Å². The number of aromatic nitrogens is 4. The number of benzene rings is 1. The summed E-state index contributed by atoms with van der Waals surface area (Å²) >= 11 is 0.